The third-order valence-electron chi connectivity index (χ3n) is 2.69. The van der Waals surface area contributed by atoms with Crippen LogP contribution in [0.2, 0.25) is 0 Å². The zero-order valence-corrected chi connectivity index (χ0v) is 10.5. The molecule has 1 N–H and O–H groups in total. The number of rotatable bonds is 3. The summed E-state index contributed by atoms with van der Waals surface area (Å²) in [5, 5.41) is 13.9. The normalized spacial score (nSPS) is 10.4. The molecular weight excluding hydrogens is 260 g/mol. The van der Waals surface area contributed by atoms with Crippen molar-refractivity contribution in [2.75, 3.05) is 7.11 Å². The Hall–Kier alpha value is -2.96. The smallest absolute Gasteiger partial charge is 0.262 e. The largest absolute Gasteiger partial charge is 0.504 e. The highest BCUT2D eigenvalue weighted by Gasteiger charge is 2.16. The molecule has 0 aliphatic carbocycles. The van der Waals surface area contributed by atoms with Crippen LogP contribution >= 0.6 is 0 Å². The summed E-state index contributed by atoms with van der Waals surface area (Å²) in [5.74, 6) is 0.803. The summed E-state index contributed by atoms with van der Waals surface area (Å²) in [6, 6.07) is 6.69. The minimum Gasteiger partial charge on any atom is -0.504 e. The van der Waals surface area contributed by atoms with Crippen LogP contribution in [0.1, 0.15) is 0 Å². The molecule has 0 saturated carbocycles. The van der Waals surface area contributed by atoms with Crippen molar-refractivity contribution in [1.29, 1.82) is 0 Å². The molecule has 0 unspecified atom stereocenters. The van der Waals surface area contributed by atoms with Gasteiger partial charge in [-0.3, -0.25) is 0 Å². The molecule has 0 fully saturated rings. The van der Waals surface area contributed by atoms with Gasteiger partial charge in [0, 0.05) is 6.20 Å². The van der Waals surface area contributed by atoms with Gasteiger partial charge in [0.2, 0.25) is 5.82 Å². The van der Waals surface area contributed by atoms with Gasteiger partial charge in [-0.1, -0.05) is 11.2 Å². The number of nitrogens with zero attached hydrogens (tertiary/aromatic N) is 4. The Bertz CT molecular complexity index is 727. The molecule has 0 amide bonds. The maximum atomic E-state index is 10.0. The second kappa shape index (κ2) is 4.96. The molecule has 7 nitrogen and oxygen atoms in total. The van der Waals surface area contributed by atoms with E-state index in [1.165, 1.54) is 13.4 Å². The molecule has 0 saturated heterocycles. The van der Waals surface area contributed by atoms with Gasteiger partial charge in [-0.25, -0.2) is 9.97 Å². The second-order valence-electron chi connectivity index (χ2n) is 3.87. The molecule has 7 heteroatoms. The van der Waals surface area contributed by atoms with Crippen LogP contribution in [0, 0.1) is 0 Å². The monoisotopic (exact) mass is 270 g/mol. The first-order valence-corrected chi connectivity index (χ1v) is 5.76. The quantitative estimate of drug-likeness (QED) is 0.776. The number of para-hydroxylation sites is 1. The molecule has 1 aromatic carbocycles. The van der Waals surface area contributed by atoms with E-state index in [2.05, 4.69) is 20.1 Å². The Balaban J connectivity index is 2.03. The standard InChI is InChI=1S/C13H10N4O3/c1-19-10-4-2-3-8(11(10)18)13-16-12(17-20-13)9-5-6-14-7-15-9/h2-7,18H,1H3. The summed E-state index contributed by atoms with van der Waals surface area (Å²) in [6.07, 6.45) is 2.98. The number of phenolic OH excluding ortho intramolecular Hbond substituents is 1. The highest BCUT2D eigenvalue weighted by Crippen LogP contribution is 2.36. The lowest BCUT2D eigenvalue weighted by atomic mass is 10.2. The van der Waals surface area contributed by atoms with E-state index < -0.39 is 0 Å². The highest BCUT2D eigenvalue weighted by molar-refractivity contribution is 5.68. The van der Waals surface area contributed by atoms with Crippen LogP contribution < -0.4 is 4.74 Å². The van der Waals surface area contributed by atoms with E-state index in [9.17, 15) is 5.11 Å². The Morgan fingerprint density at radius 3 is 2.90 bits per heavy atom. The van der Waals surface area contributed by atoms with Gasteiger partial charge in [-0.2, -0.15) is 4.98 Å². The van der Waals surface area contributed by atoms with E-state index >= 15 is 0 Å². The second-order valence-corrected chi connectivity index (χ2v) is 3.87. The van der Waals surface area contributed by atoms with Crippen LogP contribution in [0.25, 0.3) is 23.0 Å². The first kappa shape index (κ1) is 12.1. The van der Waals surface area contributed by atoms with Crippen LogP contribution in [0.5, 0.6) is 11.5 Å². The summed E-state index contributed by atoms with van der Waals surface area (Å²) < 4.78 is 10.2. The van der Waals surface area contributed by atoms with Crippen molar-refractivity contribution >= 4 is 0 Å². The van der Waals surface area contributed by atoms with Gasteiger partial charge < -0.3 is 14.4 Å². The summed E-state index contributed by atoms with van der Waals surface area (Å²) in [4.78, 5) is 12.1. The van der Waals surface area contributed by atoms with Crippen LogP contribution in [0.4, 0.5) is 0 Å². The first-order chi connectivity index (χ1) is 9.79. The lowest BCUT2D eigenvalue weighted by molar-refractivity contribution is 0.371. The molecule has 100 valence electrons. The summed E-state index contributed by atoms with van der Waals surface area (Å²) >= 11 is 0. The summed E-state index contributed by atoms with van der Waals surface area (Å²) in [5.41, 5.74) is 0.939. The zero-order chi connectivity index (χ0) is 13.9. The zero-order valence-electron chi connectivity index (χ0n) is 10.5. The minimum absolute atomic E-state index is 0.0483. The number of aromatic nitrogens is 4. The maximum absolute atomic E-state index is 10.0. The Morgan fingerprint density at radius 1 is 1.25 bits per heavy atom. The number of ether oxygens (including phenoxy) is 1. The third kappa shape index (κ3) is 2.05. The van der Waals surface area contributed by atoms with Crippen molar-refractivity contribution in [2.24, 2.45) is 0 Å². The Kier molecular flexibility index (Phi) is 3.00. The molecular formula is C13H10N4O3. The third-order valence-corrected chi connectivity index (χ3v) is 2.69. The van der Waals surface area contributed by atoms with E-state index in [0.717, 1.165) is 0 Å². The van der Waals surface area contributed by atoms with Gasteiger partial charge in [0.15, 0.2) is 11.5 Å². The number of phenols is 1. The Labute approximate surface area is 113 Å². The first-order valence-electron chi connectivity index (χ1n) is 5.76. The number of hydrogen-bond acceptors (Lipinski definition) is 7. The molecule has 0 spiro atoms. The van der Waals surface area contributed by atoms with Gasteiger partial charge >= 0.3 is 0 Å². The molecule has 2 aromatic heterocycles. The fraction of sp³-hybridized carbons (Fsp3) is 0.0769. The molecule has 0 radical (unpaired) electrons. The molecule has 20 heavy (non-hydrogen) atoms. The lowest BCUT2D eigenvalue weighted by Gasteiger charge is -2.04. The van der Waals surface area contributed by atoms with Gasteiger partial charge in [-0.15, -0.1) is 0 Å². The van der Waals surface area contributed by atoms with E-state index in [1.807, 2.05) is 0 Å². The average Bonchev–Trinajstić information content (AvgIpc) is 2.98. The van der Waals surface area contributed by atoms with Crippen molar-refractivity contribution in [2.45, 2.75) is 0 Å². The van der Waals surface area contributed by atoms with Crippen molar-refractivity contribution in [3.05, 3.63) is 36.8 Å². The highest BCUT2D eigenvalue weighted by atomic mass is 16.5. The molecule has 0 aliphatic heterocycles. The predicted octanol–water partition coefficient (Wildman–Crippen LogP) is 1.91. The molecule has 2 heterocycles. The molecule has 0 bridgehead atoms. The van der Waals surface area contributed by atoms with Gasteiger partial charge in [0.05, 0.1) is 12.7 Å². The topological polar surface area (TPSA) is 94.2 Å². The van der Waals surface area contributed by atoms with Gasteiger partial charge in [-0.05, 0) is 18.2 Å². The Morgan fingerprint density at radius 2 is 2.15 bits per heavy atom. The van der Waals surface area contributed by atoms with Gasteiger partial charge in [0.25, 0.3) is 5.89 Å². The molecule has 3 rings (SSSR count). The van der Waals surface area contributed by atoms with Crippen LogP contribution in [-0.2, 0) is 0 Å². The molecule has 0 aliphatic rings. The van der Waals surface area contributed by atoms with Crippen molar-refractivity contribution in [1.82, 2.24) is 20.1 Å². The number of benzene rings is 1. The predicted molar refractivity (Wildman–Crippen MR) is 69.0 cm³/mol. The number of aromatic hydroxyl groups is 1. The van der Waals surface area contributed by atoms with Crippen LogP contribution in [0.3, 0.4) is 0 Å². The van der Waals surface area contributed by atoms with Crippen molar-refractivity contribution in [3.8, 4) is 34.5 Å². The van der Waals surface area contributed by atoms with E-state index in [4.69, 9.17) is 9.26 Å². The summed E-state index contributed by atoms with van der Waals surface area (Å²) in [7, 11) is 1.47. The minimum atomic E-state index is -0.0483. The van der Waals surface area contributed by atoms with Crippen LogP contribution in [0.15, 0.2) is 41.3 Å². The molecule has 3 aromatic rings. The SMILES string of the molecule is COc1cccc(-c2nc(-c3ccncn3)no2)c1O. The van der Waals surface area contributed by atoms with Crippen molar-refractivity contribution < 1.29 is 14.4 Å². The maximum Gasteiger partial charge on any atom is 0.262 e. The van der Waals surface area contributed by atoms with E-state index in [0.29, 0.717) is 22.8 Å². The van der Waals surface area contributed by atoms with Gasteiger partial charge in [0.1, 0.15) is 12.0 Å². The number of hydrogen-bond donors (Lipinski definition) is 1. The lowest BCUT2D eigenvalue weighted by Crippen LogP contribution is -1.87. The summed E-state index contributed by atoms with van der Waals surface area (Å²) in [6.45, 7) is 0. The average molecular weight is 270 g/mol. The van der Waals surface area contributed by atoms with E-state index in [1.54, 1.807) is 30.5 Å². The molecule has 0 atom stereocenters. The fourth-order valence-electron chi connectivity index (χ4n) is 1.72. The number of methoxy groups -OCH3 is 1. The van der Waals surface area contributed by atoms with Crippen molar-refractivity contribution in [3.63, 3.8) is 0 Å². The van der Waals surface area contributed by atoms with Crippen LogP contribution in [-0.4, -0.2) is 32.3 Å². The fourth-order valence-corrected chi connectivity index (χ4v) is 1.72. The van der Waals surface area contributed by atoms with E-state index in [-0.39, 0.29) is 11.6 Å².